The number of carbonyl (C=O) groups excluding carboxylic acids is 2. The molecule has 0 radical (unpaired) electrons. The Kier molecular flexibility index (Phi) is 4.33. The number of halogens is 1. The van der Waals surface area contributed by atoms with Crippen molar-refractivity contribution in [2.75, 3.05) is 0 Å². The number of aldehydes is 1. The molecule has 0 aliphatic heterocycles. The van der Waals surface area contributed by atoms with Gasteiger partial charge in [0.1, 0.15) is 17.8 Å². The highest BCUT2D eigenvalue weighted by Crippen LogP contribution is 2.25. The second kappa shape index (κ2) is 6.58. The van der Waals surface area contributed by atoms with E-state index in [1.165, 1.54) is 12.1 Å². The first-order chi connectivity index (χ1) is 11.6. The van der Waals surface area contributed by atoms with Crippen LogP contribution >= 0.6 is 0 Å². The molecule has 1 heterocycles. The number of amides is 1. The molecule has 0 aliphatic rings. The molecule has 0 fully saturated rings. The molecular weight excluding hydrogens is 307 g/mol. The molecule has 0 spiro atoms. The van der Waals surface area contributed by atoms with Crippen LogP contribution in [-0.2, 0) is 11.2 Å². The Bertz CT molecular complexity index is 907. The monoisotopic (exact) mass is 322 g/mol. The Hall–Kier alpha value is -3.08. The Morgan fingerprint density at radius 1 is 1.17 bits per heavy atom. The average molecular weight is 322 g/mol. The first-order valence-electron chi connectivity index (χ1n) is 7.47. The topological polar surface area (TPSA) is 73.1 Å². The van der Waals surface area contributed by atoms with Gasteiger partial charge in [-0.25, -0.2) is 9.37 Å². The lowest BCUT2D eigenvalue weighted by molar-refractivity contribution is -0.109. The highest BCUT2D eigenvalue weighted by Gasteiger charge is 2.20. The third-order valence-electron chi connectivity index (χ3n) is 3.92. The number of primary amides is 1. The van der Waals surface area contributed by atoms with Gasteiger partial charge in [-0.05, 0) is 41.8 Å². The minimum atomic E-state index is -0.679. The van der Waals surface area contributed by atoms with E-state index in [0.717, 1.165) is 17.2 Å². The van der Waals surface area contributed by atoms with E-state index in [9.17, 15) is 14.0 Å². The summed E-state index contributed by atoms with van der Waals surface area (Å²) in [4.78, 5) is 27.7. The average Bonchev–Trinajstić information content (AvgIpc) is 2.60. The van der Waals surface area contributed by atoms with Crippen LogP contribution in [-0.4, -0.2) is 17.2 Å². The lowest BCUT2D eigenvalue weighted by atomic mass is 9.91. The van der Waals surface area contributed by atoms with Crippen LogP contribution in [0.3, 0.4) is 0 Å². The summed E-state index contributed by atoms with van der Waals surface area (Å²) in [5.74, 6) is -1.61. The summed E-state index contributed by atoms with van der Waals surface area (Å²) in [6.07, 6.45) is 1.10. The van der Waals surface area contributed by atoms with Crippen molar-refractivity contribution in [3.8, 4) is 0 Å². The van der Waals surface area contributed by atoms with Gasteiger partial charge in [-0.15, -0.1) is 0 Å². The fraction of sp³-hybridized carbons (Fsp3) is 0.105. The van der Waals surface area contributed by atoms with Crippen LogP contribution in [0.25, 0.3) is 10.9 Å². The maximum absolute atomic E-state index is 13.0. The SMILES string of the molecule is NC(=O)c1nc2ccccc2cc1C(C=O)Cc1ccc(F)cc1. The van der Waals surface area contributed by atoms with Crippen molar-refractivity contribution >= 4 is 23.1 Å². The molecule has 3 aromatic rings. The second-order valence-corrected chi connectivity index (χ2v) is 5.56. The Morgan fingerprint density at radius 2 is 1.88 bits per heavy atom. The fourth-order valence-corrected chi connectivity index (χ4v) is 2.72. The van der Waals surface area contributed by atoms with Crippen molar-refractivity contribution in [2.45, 2.75) is 12.3 Å². The lowest BCUT2D eigenvalue weighted by Crippen LogP contribution is -2.19. The number of fused-ring (bicyclic) bond motifs is 1. The molecule has 1 amide bonds. The molecule has 1 atom stereocenters. The van der Waals surface area contributed by atoms with Crippen molar-refractivity contribution < 1.29 is 14.0 Å². The Labute approximate surface area is 138 Å². The first kappa shape index (κ1) is 15.8. The van der Waals surface area contributed by atoms with Crippen LogP contribution < -0.4 is 5.73 Å². The van der Waals surface area contributed by atoms with E-state index in [0.29, 0.717) is 17.5 Å². The number of hydrogen-bond donors (Lipinski definition) is 1. The smallest absolute Gasteiger partial charge is 0.267 e. The molecule has 0 aliphatic carbocycles. The summed E-state index contributed by atoms with van der Waals surface area (Å²) in [6, 6.07) is 15.0. The zero-order valence-electron chi connectivity index (χ0n) is 12.8. The van der Waals surface area contributed by atoms with Crippen molar-refractivity contribution in [3.63, 3.8) is 0 Å². The van der Waals surface area contributed by atoms with Gasteiger partial charge in [0, 0.05) is 11.3 Å². The van der Waals surface area contributed by atoms with Gasteiger partial charge in [0.25, 0.3) is 5.91 Å². The van der Waals surface area contributed by atoms with Gasteiger partial charge in [-0.3, -0.25) is 4.79 Å². The van der Waals surface area contributed by atoms with E-state index >= 15 is 0 Å². The van der Waals surface area contributed by atoms with Gasteiger partial charge in [-0.1, -0.05) is 30.3 Å². The predicted octanol–water partition coefficient (Wildman–Crippen LogP) is 3.00. The summed E-state index contributed by atoms with van der Waals surface area (Å²) in [7, 11) is 0. The van der Waals surface area contributed by atoms with Gasteiger partial charge >= 0.3 is 0 Å². The molecule has 5 heteroatoms. The van der Waals surface area contributed by atoms with Gasteiger partial charge in [0.05, 0.1) is 5.52 Å². The van der Waals surface area contributed by atoms with E-state index in [1.807, 2.05) is 18.2 Å². The standard InChI is InChI=1S/C19H15FN2O2/c20-15-7-5-12(6-8-15)9-14(11-23)16-10-13-3-1-2-4-17(13)22-18(16)19(21)24/h1-8,10-11,14H,9H2,(H2,21,24). The van der Waals surface area contributed by atoms with E-state index < -0.39 is 11.8 Å². The number of nitrogens with zero attached hydrogens (tertiary/aromatic N) is 1. The van der Waals surface area contributed by atoms with E-state index in [-0.39, 0.29) is 11.5 Å². The maximum atomic E-state index is 13.0. The Morgan fingerprint density at radius 3 is 2.54 bits per heavy atom. The molecule has 3 rings (SSSR count). The normalized spacial score (nSPS) is 12.0. The molecule has 4 nitrogen and oxygen atoms in total. The number of benzene rings is 2. The molecule has 2 N–H and O–H groups in total. The highest BCUT2D eigenvalue weighted by atomic mass is 19.1. The van der Waals surface area contributed by atoms with Crippen LogP contribution in [0.1, 0.15) is 27.5 Å². The van der Waals surface area contributed by atoms with Crippen LogP contribution in [0.15, 0.2) is 54.6 Å². The third-order valence-corrected chi connectivity index (χ3v) is 3.92. The highest BCUT2D eigenvalue weighted by molar-refractivity contribution is 5.96. The van der Waals surface area contributed by atoms with E-state index in [2.05, 4.69) is 4.98 Å². The first-order valence-corrected chi connectivity index (χ1v) is 7.47. The van der Waals surface area contributed by atoms with Crippen LogP contribution in [0, 0.1) is 5.82 Å². The summed E-state index contributed by atoms with van der Waals surface area (Å²) < 4.78 is 13.0. The molecule has 1 unspecified atom stereocenters. The second-order valence-electron chi connectivity index (χ2n) is 5.56. The van der Waals surface area contributed by atoms with Gasteiger partial charge in [0.15, 0.2) is 0 Å². The third kappa shape index (κ3) is 3.15. The van der Waals surface area contributed by atoms with E-state index in [4.69, 9.17) is 5.73 Å². The molecule has 2 aromatic carbocycles. The number of para-hydroxylation sites is 1. The van der Waals surface area contributed by atoms with Gasteiger partial charge in [-0.2, -0.15) is 0 Å². The van der Waals surface area contributed by atoms with Crippen molar-refractivity contribution in [1.29, 1.82) is 0 Å². The summed E-state index contributed by atoms with van der Waals surface area (Å²) in [5, 5.41) is 0.823. The zero-order chi connectivity index (χ0) is 17.1. The summed E-state index contributed by atoms with van der Waals surface area (Å²) >= 11 is 0. The molecule has 0 bridgehead atoms. The molecule has 24 heavy (non-hydrogen) atoms. The molecule has 1 aromatic heterocycles. The van der Waals surface area contributed by atoms with E-state index in [1.54, 1.807) is 24.3 Å². The van der Waals surface area contributed by atoms with Crippen LogP contribution in [0.5, 0.6) is 0 Å². The number of carbonyl (C=O) groups is 2. The predicted molar refractivity (Wildman–Crippen MR) is 89.2 cm³/mol. The van der Waals surface area contributed by atoms with Gasteiger partial charge in [0.2, 0.25) is 0 Å². The molecule has 0 saturated heterocycles. The molecule has 0 saturated carbocycles. The molecular formula is C19H15FN2O2. The molecule has 120 valence electrons. The van der Waals surface area contributed by atoms with Crippen molar-refractivity contribution in [1.82, 2.24) is 4.98 Å². The quantitative estimate of drug-likeness (QED) is 0.734. The number of rotatable bonds is 5. The van der Waals surface area contributed by atoms with Crippen LogP contribution in [0.2, 0.25) is 0 Å². The maximum Gasteiger partial charge on any atom is 0.267 e. The zero-order valence-corrected chi connectivity index (χ0v) is 12.8. The van der Waals surface area contributed by atoms with Crippen molar-refractivity contribution in [2.24, 2.45) is 5.73 Å². The number of hydrogen-bond acceptors (Lipinski definition) is 3. The summed E-state index contributed by atoms with van der Waals surface area (Å²) in [6.45, 7) is 0. The number of aromatic nitrogens is 1. The number of pyridine rings is 1. The fourth-order valence-electron chi connectivity index (χ4n) is 2.72. The van der Waals surface area contributed by atoms with Gasteiger partial charge < -0.3 is 10.5 Å². The summed E-state index contributed by atoms with van der Waals surface area (Å²) in [5.41, 5.74) is 7.45. The lowest BCUT2D eigenvalue weighted by Gasteiger charge is -2.15. The van der Waals surface area contributed by atoms with Crippen LogP contribution in [0.4, 0.5) is 4.39 Å². The number of nitrogens with two attached hydrogens (primary N) is 1. The van der Waals surface area contributed by atoms with Crippen molar-refractivity contribution in [3.05, 3.63) is 77.2 Å². The minimum Gasteiger partial charge on any atom is -0.364 e. The minimum absolute atomic E-state index is 0.0907. The Balaban J connectivity index is 2.06. The largest absolute Gasteiger partial charge is 0.364 e.